The summed E-state index contributed by atoms with van der Waals surface area (Å²) in [6.07, 6.45) is 14.1. The number of aromatic nitrogens is 24. The second-order valence-corrected chi connectivity index (χ2v) is 18.0. The predicted octanol–water partition coefficient (Wildman–Crippen LogP) is -4.10. The fraction of sp³-hybridized carbons (Fsp3) is 0.333. The average molecular weight is 3120 g/mol. The summed E-state index contributed by atoms with van der Waals surface area (Å²) < 4.78 is 133. The van der Waals surface area contributed by atoms with Crippen molar-refractivity contribution in [1.29, 1.82) is 0 Å². The van der Waals surface area contributed by atoms with E-state index in [4.69, 9.17) is 21.9 Å². The maximum atomic E-state index is 12.1. The molecule has 0 aliphatic rings. The molecule has 12 heterocycles. The van der Waals surface area contributed by atoms with Crippen LogP contribution in [0.3, 0.4) is 0 Å². The van der Waals surface area contributed by atoms with E-state index in [1.54, 1.807) is 13.8 Å². The van der Waals surface area contributed by atoms with Crippen LogP contribution in [0.4, 0.5) is 0 Å². The van der Waals surface area contributed by atoms with E-state index in [0.29, 0.717) is 27.4 Å². The number of hydrogen-bond donors (Lipinski definition) is 0. The maximum Gasteiger partial charge on any atom is 0.313 e. The number of nitrogens with zero attached hydrogens (tertiary/aromatic N) is 24. The summed E-state index contributed by atoms with van der Waals surface area (Å²) in [5, 5.41) is 0. The molecule has 0 aromatic carbocycles. The van der Waals surface area contributed by atoms with E-state index in [1.165, 1.54) is 64.3 Å². The fourth-order valence-corrected chi connectivity index (χ4v) is 8.43. The second kappa shape index (κ2) is 72.8. The quantitative estimate of drug-likeness (QED) is 0.143. The molecule has 0 aliphatic heterocycles. The van der Waals surface area contributed by atoms with Gasteiger partial charge in [-0.25, -0.2) is 9.59 Å². The largest absolute Gasteiger partial charge is 0.567 e. The standard InChI is InChI=1S/6C9H10N4O2.21Y/c6*1-4-13-8(14)6-7(10-5-11(6)2)12(3)9(13)15;;;;;;;;;;;;;;;;;;;;;/h2*4H,1-3H3;2*3-4H2,1-2H3;2*2,4H2,1,3H3;;;;;;;;;;;;;;;;;;;;;/q6*-2;;;;;;;;;;;;;;;;;;;;;/i3D3;2D3;4D2;2D3;4D2;3D3;;;;;;;;;;;;;;;;;;;;;. The van der Waals surface area contributed by atoms with E-state index in [2.05, 4.69) is 96.1 Å². The van der Waals surface area contributed by atoms with E-state index in [1.807, 2.05) is 0 Å². The molecule has 0 aliphatic carbocycles. The molecule has 12 rings (SSSR count). The van der Waals surface area contributed by atoms with Crippen LogP contribution >= 0.6 is 0 Å². The Hall–Kier alpha value is 11.3. The minimum absolute atomic E-state index is 0. The summed E-state index contributed by atoms with van der Waals surface area (Å²) in [5.74, 6) is 0. The van der Waals surface area contributed by atoms with Crippen molar-refractivity contribution in [3.63, 3.8) is 0 Å². The molecule has 0 unspecified atom stereocenters. The number of rotatable bonds is 6. The number of imidazole rings is 6. The smallest absolute Gasteiger partial charge is 0.313 e. The topological polar surface area (TPSA) is 371 Å². The van der Waals surface area contributed by atoms with Crippen molar-refractivity contribution in [2.24, 2.45) is 56.1 Å². The maximum absolute atomic E-state index is 12.1. The van der Waals surface area contributed by atoms with Gasteiger partial charge in [-0.2, -0.15) is 14.1 Å². The second-order valence-electron chi connectivity index (χ2n) is 18.0. The molecule has 36 nitrogen and oxygen atoms in total. The van der Waals surface area contributed by atoms with Gasteiger partial charge in [-0.05, 0) is 117 Å². The van der Waals surface area contributed by atoms with E-state index in [9.17, 15) is 57.5 Å². The summed E-state index contributed by atoms with van der Waals surface area (Å²) in [4.78, 5) is 166. The predicted molar refractivity (Wildman–Crippen MR) is 327 cm³/mol. The molecular formula is C54H60N24O12Y21-12. The molecule has 111 heavy (non-hydrogen) atoms. The molecule has 0 saturated heterocycles. The Bertz CT molecular complexity index is 5950. The molecule has 0 atom stereocenters. The fourth-order valence-electron chi connectivity index (χ4n) is 8.43. The zero-order valence-electron chi connectivity index (χ0n) is 77.2. The van der Waals surface area contributed by atoms with Gasteiger partial charge in [0.05, 0.1) is 0 Å². The van der Waals surface area contributed by atoms with Crippen LogP contribution in [0.25, 0.3) is 67.0 Å². The molecular weight excluding hydrogens is 3040 g/mol. The third-order valence-electron chi connectivity index (χ3n) is 13.0. The minimum atomic E-state index is -2.72. The van der Waals surface area contributed by atoms with Gasteiger partial charge in [0.2, 0.25) is 33.9 Å². The zero-order chi connectivity index (χ0) is 80.6. The van der Waals surface area contributed by atoms with Gasteiger partial charge in [-0.15, -0.1) is 50.9 Å². The van der Waals surface area contributed by atoms with Gasteiger partial charge in [0.25, 0.3) is 0 Å². The van der Waals surface area contributed by atoms with Crippen LogP contribution in [-0.4, -0.2) is 112 Å². The van der Waals surface area contributed by atoms with Gasteiger partial charge < -0.3 is 132 Å². The monoisotopic (exact) mass is 3120 g/mol. The van der Waals surface area contributed by atoms with Crippen molar-refractivity contribution in [2.45, 2.75) is 67.6 Å². The summed E-state index contributed by atoms with van der Waals surface area (Å²) >= 11 is 0. The molecule has 0 saturated carbocycles. The van der Waals surface area contributed by atoms with Crippen LogP contribution in [0.2, 0.25) is 0 Å². The SMILES string of the molecule is [2H]C([2H])(C)n1c(=O)c2c(n[c-]n2C)n([CH2-])c1=O.[2H]C([2H])(C)n1c(=O)c2c(n[c-]n2[CH2-])n(C)c1=O.[2H]C([2H])([2H])n1[c-]nc2c1c(=O)n(CC)c(=O)n2[CH2-].[2H]C([2H])([2H])n1[c-]nc2c1c(=O)n([CH-]C)c(=O)n2C.[2H]C([2H])([2H])n1c(=O)n(CC)c(=O)c2c1n[c-]n2[CH2-].[2H]C([2H])([2H])n1c(=O)n([CH-]C)c(=O)c2c1n[c-]n2C.[Y].[Y].[Y].[Y].[Y].[Y].[Y].[Y].[Y].[Y].[Y].[Y].[Y].[Y].[Y].[Y].[Y].[Y].[Y].[Y].[Y]. The third-order valence-corrected chi connectivity index (χ3v) is 13.0. The molecule has 0 bridgehead atoms. The number of fused-ring (bicyclic) bond motifs is 6. The Balaban J connectivity index is -0.0000000883. The zero-order valence-corrected chi connectivity index (χ0v) is 121. The Morgan fingerprint density at radius 1 is 0.306 bits per heavy atom. The van der Waals surface area contributed by atoms with Crippen molar-refractivity contribution in [2.75, 3.05) is 0 Å². The first-order chi connectivity index (χ1) is 48.6. The van der Waals surface area contributed by atoms with Crippen LogP contribution in [0.1, 0.15) is 63.5 Å². The Morgan fingerprint density at radius 3 is 0.901 bits per heavy atom. The van der Waals surface area contributed by atoms with Gasteiger partial charge in [0, 0.05) is 760 Å². The van der Waals surface area contributed by atoms with Gasteiger partial charge in [0.1, 0.15) is 11.1 Å². The van der Waals surface area contributed by atoms with E-state index in [-0.39, 0.29) is 767 Å². The first kappa shape index (κ1) is 118. The third kappa shape index (κ3) is 35.3. The van der Waals surface area contributed by atoms with E-state index in [0.717, 1.165) is 59.5 Å². The first-order valence-electron chi connectivity index (χ1n) is 33.3. The molecule has 0 fully saturated rings. The van der Waals surface area contributed by atoms with Crippen LogP contribution in [0.15, 0.2) is 57.5 Å². The van der Waals surface area contributed by atoms with Gasteiger partial charge >= 0.3 is 11.4 Å². The van der Waals surface area contributed by atoms with Crippen molar-refractivity contribution in [3.05, 3.63) is 204 Å². The molecule has 0 N–H and O–H groups in total. The summed E-state index contributed by atoms with van der Waals surface area (Å²) in [6.45, 7) is -3.68. The molecule has 57 heteroatoms. The molecule has 12 aromatic heterocycles. The van der Waals surface area contributed by atoms with E-state index < -0.39 is 108 Å². The van der Waals surface area contributed by atoms with Crippen molar-refractivity contribution in [1.82, 2.24) is 112 Å². The number of hydrogen-bond acceptors (Lipinski definition) is 18. The minimum Gasteiger partial charge on any atom is -0.567 e. The molecule has 0 spiro atoms. The summed E-state index contributed by atoms with van der Waals surface area (Å²) in [5.41, 5.74) is -9.45. The normalized spacial score (nSPS) is 11.8. The Morgan fingerprint density at radius 2 is 0.541 bits per heavy atom. The van der Waals surface area contributed by atoms with Crippen molar-refractivity contribution in [3.8, 4) is 0 Å². The van der Waals surface area contributed by atoms with Crippen LogP contribution in [0.5, 0.6) is 0 Å². The Labute approximate surface area is 1190 Å². The summed E-state index contributed by atoms with van der Waals surface area (Å²) in [6, 6.07) is 0. The first-order valence-corrected chi connectivity index (χ1v) is 25.3. The van der Waals surface area contributed by atoms with Gasteiger partial charge in [-0.3, -0.25) is 28.3 Å². The van der Waals surface area contributed by atoms with Crippen LogP contribution < -0.4 is 67.5 Å². The van der Waals surface area contributed by atoms with Gasteiger partial charge in [-0.1, -0.05) is 36.2 Å². The van der Waals surface area contributed by atoms with Crippen LogP contribution in [-0.2, 0) is 769 Å². The average Bonchev–Trinajstić information content (AvgIpc) is 1.56. The van der Waals surface area contributed by atoms with Crippen LogP contribution in [0, 0.1) is 79.2 Å². The number of aryl methyl sites for hydroxylation is 8. The molecule has 0 amide bonds. The summed E-state index contributed by atoms with van der Waals surface area (Å²) in [7, 11) is 19.8. The molecule has 543 valence electrons. The van der Waals surface area contributed by atoms with Gasteiger partial charge in [0.15, 0.2) is 11.1 Å². The van der Waals surface area contributed by atoms with E-state index >= 15 is 0 Å². The van der Waals surface area contributed by atoms with Crippen molar-refractivity contribution >= 4 is 67.0 Å². The Kier molecular flexibility index (Phi) is 77.6. The van der Waals surface area contributed by atoms with Crippen molar-refractivity contribution < 1.29 is 709 Å². The molecule has 12 aromatic rings. The molecule has 21 radical (unpaired) electrons.